The van der Waals surface area contributed by atoms with Crippen LogP contribution in [-0.4, -0.2) is 13.0 Å². The third kappa shape index (κ3) is 6.15. The van der Waals surface area contributed by atoms with Gasteiger partial charge in [0.2, 0.25) is 0 Å². The van der Waals surface area contributed by atoms with Crippen LogP contribution in [0, 0.1) is 0 Å². The SMILES string of the molecule is CCCCc1cc(N=Nc2cccc(S(=O)(=O)O)c2)cc(CCCC)c1N. The van der Waals surface area contributed by atoms with Crippen LogP contribution in [0.25, 0.3) is 0 Å². The highest BCUT2D eigenvalue weighted by Crippen LogP contribution is 2.29. The summed E-state index contributed by atoms with van der Waals surface area (Å²) in [5, 5.41) is 8.40. The van der Waals surface area contributed by atoms with Crippen molar-refractivity contribution in [3.8, 4) is 0 Å². The van der Waals surface area contributed by atoms with Gasteiger partial charge in [0, 0.05) is 5.69 Å². The van der Waals surface area contributed by atoms with Crippen LogP contribution in [0.1, 0.15) is 50.7 Å². The molecule has 2 aromatic carbocycles. The Balaban J connectivity index is 2.35. The van der Waals surface area contributed by atoms with E-state index in [9.17, 15) is 8.42 Å². The fraction of sp³-hybridized carbons (Fsp3) is 0.400. The van der Waals surface area contributed by atoms with Gasteiger partial charge in [0.15, 0.2) is 0 Å². The number of nitrogen functional groups attached to an aromatic ring is 1. The summed E-state index contributed by atoms with van der Waals surface area (Å²) in [5.74, 6) is 0. The quantitative estimate of drug-likeness (QED) is 0.330. The monoisotopic (exact) mass is 389 g/mol. The molecule has 0 atom stereocenters. The van der Waals surface area contributed by atoms with E-state index in [0.717, 1.165) is 55.3 Å². The van der Waals surface area contributed by atoms with Gasteiger partial charge in [0.05, 0.1) is 16.3 Å². The van der Waals surface area contributed by atoms with Crippen LogP contribution in [-0.2, 0) is 23.0 Å². The zero-order chi connectivity index (χ0) is 19.9. The number of hydrogen-bond acceptors (Lipinski definition) is 5. The number of hydrogen-bond donors (Lipinski definition) is 2. The van der Waals surface area contributed by atoms with Gasteiger partial charge in [-0.1, -0.05) is 32.8 Å². The molecular formula is C20H27N3O3S. The minimum Gasteiger partial charge on any atom is -0.398 e. The number of rotatable bonds is 9. The first-order chi connectivity index (χ1) is 12.8. The fourth-order valence-electron chi connectivity index (χ4n) is 2.79. The molecule has 0 fully saturated rings. The van der Waals surface area contributed by atoms with Crippen molar-refractivity contribution in [1.82, 2.24) is 0 Å². The van der Waals surface area contributed by atoms with Gasteiger partial charge in [-0.3, -0.25) is 4.55 Å². The Morgan fingerprint density at radius 3 is 2.00 bits per heavy atom. The third-order valence-corrected chi connectivity index (χ3v) is 5.18. The first-order valence-corrected chi connectivity index (χ1v) is 10.7. The second kappa shape index (κ2) is 9.62. The van der Waals surface area contributed by atoms with Gasteiger partial charge in [0.1, 0.15) is 0 Å². The average Bonchev–Trinajstić information content (AvgIpc) is 2.64. The van der Waals surface area contributed by atoms with Crippen LogP contribution in [0.3, 0.4) is 0 Å². The second-order valence-electron chi connectivity index (χ2n) is 6.56. The maximum Gasteiger partial charge on any atom is 0.294 e. The molecule has 0 spiro atoms. The molecule has 0 aliphatic rings. The van der Waals surface area contributed by atoms with Gasteiger partial charge in [-0.05, 0) is 67.1 Å². The van der Waals surface area contributed by atoms with E-state index in [4.69, 9.17) is 10.3 Å². The molecular weight excluding hydrogens is 362 g/mol. The molecule has 0 amide bonds. The lowest BCUT2D eigenvalue weighted by Gasteiger charge is -2.12. The minimum absolute atomic E-state index is 0.205. The molecule has 27 heavy (non-hydrogen) atoms. The van der Waals surface area contributed by atoms with Gasteiger partial charge in [0.25, 0.3) is 10.1 Å². The topological polar surface area (TPSA) is 105 Å². The normalized spacial score (nSPS) is 12.0. The molecule has 0 unspecified atom stereocenters. The average molecular weight is 390 g/mol. The van der Waals surface area contributed by atoms with E-state index in [2.05, 4.69) is 24.1 Å². The highest BCUT2D eigenvalue weighted by molar-refractivity contribution is 7.85. The van der Waals surface area contributed by atoms with Crippen molar-refractivity contribution in [2.75, 3.05) is 5.73 Å². The summed E-state index contributed by atoms with van der Waals surface area (Å²) in [6.07, 6.45) is 6.05. The van der Waals surface area contributed by atoms with Crippen LogP contribution >= 0.6 is 0 Å². The highest BCUT2D eigenvalue weighted by atomic mass is 32.2. The van der Waals surface area contributed by atoms with E-state index in [1.165, 1.54) is 18.2 Å². The Kier molecular flexibility index (Phi) is 7.50. The van der Waals surface area contributed by atoms with Gasteiger partial charge < -0.3 is 5.73 Å². The van der Waals surface area contributed by atoms with E-state index in [1.807, 2.05) is 12.1 Å². The van der Waals surface area contributed by atoms with Crippen LogP contribution in [0.15, 0.2) is 51.5 Å². The lowest BCUT2D eigenvalue weighted by molar-refractivity contribution is 0.483. The van der Waals surface area contributed by atoms with Crippen molar-refractivity contribution in [2.45, 2.75) is 57.3 Å². The van der Waals surface area contributed by atoms with E-state index in [1.54, 1.807) is 6.07 Å². The van der Waals surface area contributed by atoms with Crippen molar-refractivity contribution in [3.05, 3.63) is 47.5 Å². The second-order valence-corrected chi connectivity index (χ2v) is 7.98. The Morgan fingerprint density at radius 1 is 0.926 bits per heavy atom. The summed E-state index contributed by atoms with van der Waals surface area (Å²) in [7, 11) is -4.27. The van der Waals surface area contributed by atoms with Crippen molar-refractivity contribution in [2.24, 2.45) is 10.2 Å². The van der Waals surface area contributed by atoms with Crippen molar-refractivity contribution >= 4 is 27.2 Å². The number of benzene rings is 2. The summed E-state index contributed by atoms with van der Waals surface area (Å²) < 4.78 is 31.7. The number of nitrogens with two attached hydrogens (primary N) is 1. The van der Waals surface area contributed by atoms with Gasteiger partial charge in [-0.25, -0.2) is 0 Å². The standard InChI is InChI=1S/C20H27N3O3S/c1-3-5-8-15-12-18(13-16(20(15)21)9-6-4-2)23-22-17-10-7-11-19(14-17)27(24,25)26/h7,10-14H,3-6,8-9,21H2,1-2H3,(H,24,25,26). The summed E-state index contributed by atoms with van der Waals surface area (Å²) in [4.78, 5) is -0.205. The molecule has 6 nitrogen and oxygen atoms in total. The highest BCUT2D eigenvalue weighted by Gasteiger charge is 2.10. The molecule has 2 aromatic rings. The number of anilines is 1. The van der Waals surface area contributed by atoms with Crippen LogP contribution in [0.5, 0.6) is 0 Å². The lowest BCUT2D eigenvalue weighted by Crippen LogP contribution is -2.00. The molecule has 0 saturated carbocycles. The predicted molar refractivity (Wildman–Crippen MR) is 109 cm³/mol. The smallest absolute Gasteiger partial charge is 0.294 e. The van der Waals surface area contributed by atoms with E-state index >= 15 is 0 Å². The maximum absolute atomic E-state index is 11.3. The molecule has 2 rings (SSSR count). The Morgan fingerprint density at radius 2 is 1.48 bits per heavy atom. The zero-order valence-electron chi connectivity index (χ0n) is 15.9. The summed E-state index contributed by atoms with van der Waals surface area (Å²) in [5.41, 5.74) is 10.4. The van der Waals surface area contributed by atoms with Crippen molar-refractivity contribution in [1.29, 1.82) is 0 Å². The van der Waals surface area contributed by atoms with Gasteiger partial charge in [-0.15, -0.1) is 0 Å². The Labute approximate surface area is 161 Å². The van der Waals surface area contributed by atoms with Crippen LogP contribution < -0.4 is 5.73 Å². The van der Waals surface area contributed by atoms with Crippen LogP contribution in [0.2, 0.25) is 0 Å². The molecule has 0 saturated heterocycles. The Bertz CT molecular complexity index is 879. The summed E-state index contributed by atoms with van der Waals surface area (Å²) >= 11 is 0. The van der Waals surface area contributed by atoms with E-state index in [-0.39, 0.29) is 4.90 Å². The lowest BCUT2D eigenvalue weighted by atomic mass is 9.98. The first-order valence-electron chi connectivity index (χ1n) is 9.25. The zero-order valence-corrected chi connectivity index (χ0v) is 16.7. The number of unbranched alkanes of at least 4 members (excludes halogenated alkanes) is 2. The van der Waals surface area contributed by atoms with Crippen molar-refractivity contribution < 1.29 is 13.0 Å². The molecule has 0 bridgehead atoms. The molecule has 3 N–H and O–H groups in total. The largest absolute Gasteiger partial charge is 0.398 e. The molecule has 0 aromatic heterocycles. The summed E-state index contributed by atoms with van der Waals surface area (Å²) in [6, 6.07) is 9.62. The Hall–Kier alpha value is -2.25. The van der Waals surface area contributed by atoms with Crippen LogP contribution in [0.4, 0.5) is 17.1 Å². The number of nitrogens with zero attached hydrogens (tertiary/aromatic N) is 2. The first kappa shape index (κ1) is 21.1. The molecule has 146 valence electrons. The fourth-order valence-corrected chi connectivity index (χ4v) is 3.31. The molecule has 7 heteroatoms. The van der Waals surface area contributed by atoms with E-state index in [0.29, 0.717) is 11.4 Å². The van der Waals surface area contributed by atoms with Gasteiger partial charge >= 0.3 is 0 Å². The number of azo groups is 1. The molecule has 0 radical (unpaired) electrons. The number of aryl methyl sites for hydroxylation is 2. The third-order valence-electron chi connectivity index (χ3n) is 4.33. The van der Waals surface area contributed by atoms with Crippen molar-refractivity contribution in [3.63, 3.8) is 0 Å². The molecule has 0 aliphatic heterocycles. The molecule has 0 aliphatic carbocycles. The van der Waals surface area contributed by atoms with Gasteiger partial charge in [-0.2, -0.15) is 18.6 Å². The summed E-state index contributed by atoms with van der Waals surface area (Å²) in [6.45, 7) is 4.28. The molecule has 0 heterocycles. The predicted octanol–water partition coefficient (Wildman–Crippen LogP) is 5.62. The minimum atomic E-state index is -4.27. The van der Waals surface area contributed by atoms with E-state index < -0.39 is 10.1 Å². The maximum atomic E-state index is 11.3.